The first kappa shape index (κ1) is 22.1. The van der Waals surface area contributed by atoms with Crippen LogP contribution in [-0.4, -0.2) is 48.8 Å². The summed E-state index contributed by atoms with van der Waals surface area (Å²) >= 11 is 13.5. The molecule has 0 unspecified atom stereocenters. The van der Waals surface area contributed by atoms with Crippen LogP contribution in [0.15, 0.2) is 59.9 Å². The average Bonchev–Trinajstić information content (AvgIpc) is 3.44. The summed E-state index contributed by atoms with van der Waals surface area (Å²) in [6.45, 7) is 0.505. The number of hydrogen-bond donors (Lipinski definition) is 1. The lowest BCUT2D eigenvalue weighted by Crippen LogP contribution is -2.18. The number of ether oxygens (including phenoxy) is 1. The van der Waals surface area contributed by atoms with E-state index in [-0.39, 0.29) is 11.7 Å². The van der Waals surface area contributed by atoms with Gasteiger partial charge in [-0.05, 0) is 46.3 Å². The van der Waals surface area contributed by atoms with E-state index in [1.807, 2.05) is 24.3 Å². The predicted molar refractivity (Wildman–Crippen MR) is 123 cm³/mol. The molecule has 164 valence electrons. The van der Waals surface area contributed by atoms with Gasteiger partial charge in [-0.15, -0.1) is 5.10 Å². The standard InChI is InChI=1S/C20H17Cl2N7O2S/c1-31-15-5-2-13(3-6-15)11-28-18(8-9-23-28)24-19(30)12-32-20-25-26-27-29(20)17-10-14(21)4-7-16(17)22/h2-10H,11-12H2,1H3,(H,24,30). The second-order valence-electron chi connectivity index (χ2n) is 6.53. The molecule has 32 heavy (non-hydrogen) atoms. The second-order valence-corrected chi connectivity index (χ2v) is 8.31. The quantitative estimate of drug-likeness (QED) is 0.374. The van der Waals surface area contributed by atoms with Crippen LogP contribution in [0.3, 0.4) is 0 Å². The van der Waals surface area contributed by atoms with Crippen molar-refractivity contribution in [2.24, 2.45) is 0 Å². The number of nitrogens with one attached hydrogen (secondary N) is 1. The SMILES string of the molecule is COc1ccc(Cn2nccc2NC(=O)CSc2nnnn2-c2cc(Cl)ccc2Cl)cc1. The molecule has 0 saturated carbocycles. The number of anilines is 1. The van der Waals surface area contributed by atoms with Gasteiger partial charge in [0.25, 0.3) is 0 Å². The van der Waals surface area contributed by atoms with E-state index in [4.69, 9.17) is 27.9 Å². The molecule has 0 aliphatic carbocycles. The van der Waals surface area contributed by atoms with Gasteiger partial charge in [-0.1, -0.05) is 47.1 Å². The van der Waals surface area contributed by atoms with Gasteiger partial charge in [0.1, 0.15) is 11.6 Å². The third-order valence-corrected chi connectivity index (χ3v) is 5.86. The zero-order valence-electron chi connectivity index (χ0n) is 16.8. The number of benzene rings is 2. The van der Waals surface area contributed by atoms with Gasteiger partial charge in [0.15, 0.2) is 0 Å². The molecular formula is C20H17Cl2N7O2S. The maximum absolute atomic E-state index is 12.5. The van der Waals surface area contributed by atoms with Crippen molar-refractivity contribution in [3.8, 4) is 11.4 Å². The zero-order valence-corrected chi connectivity index (χ0v) is 19.1. The Labute approximate surface area is 197 Å². The van der Waals surface area contributed by atoms with E-state index in [1.54, 1.807) is 42.3 Å². The first-order valence-corrected chi connectivity index (χ1v) is 11.1. The van der Waals surface area contributed by atoms with Crippen LogP contribution in [0.5, 0.6) is 5.75 Å². The maximum Gasteiger partial charge on any atom is 0.235 e. The number of aromatic nitrogens is 6. The van der Waals surface area contributed by atoms with Crippen molar-refractivity contribution in [1.82, 2.24) is 30.0 Å². The predicted octanol–water partition coefficient (Wildman–Crippen LogP) is 3.95. The van der Waals surface area contributed by atoms with Gasteiger partial charge in [0, 0.05) is 11.1 Å². The summed E-state index contributed by atoms with van der Waals surface area (Å²) < 4.78 is 8.33. The number of carbonyl (C=O) groups is 1. The molecule has 0 aliphatic heterocycles. The Kier molecular flexibility index (Phi) is 6.93. The molecule has 0 saturated heterocycles. The Morgan fingerprint density at radius 1 is 1.16 bits per heavy atom. The van der Waals surface area contributed by atoms with Crippen LogP contribution in [0.2, 0.25) is 10.0 Å². The number of halogens is 2. The molecular weight excluding hydrogens is 473 g/mol. The van der Waals surface area contributed by atoms with Gasteiger partial charge in [-0.2, -0.15) is 9.78 Å². The van der Waals surface area contributed by atoms with Crippen molar-refractivity contribution < 1.29 is 9.53 Å². The molecule has 0 bridgehead atoms. The monoisotopic (exact) mass is 489 g/mol. The van der Waals surface area contributed by atoms with Gasteiger partial charge in [0.2, 0.25) is 11.1 Å². The van der Waals surface area contributed by atoms with Gasteiger partial charge < -0.3 is 10.1 Å². The molecule has 0 spiro atoms. The first-order chi connectivity index (χ1) is 15.5. The second kappa shape index (κ2) is 10.0. The normalized spacial score (nSPS) is 10.8. The number of hydrogen-bond acceptors (Lipinski definition) is 7. The molecule has 0 atom stereocenters. The average molecular weight is 490 g/mol. The Hall–Kier alpha value is -3.08. The first-order valence-electron chi connectivity index (χ1n) is 9.34. The third-order valence-electron chi connectivity index (χ3n) is 4.39. The number of nitrogens with zero attached hydrogens (tertiary/aromatic N) is 6. The largest absolute Gasteiger partial charge is 0.497 e. The number of tetrazole rings is 1. The molecule has 4 aromatic rings. The van der Waals surface area contributed by atoms with Crippen LogP contribution in [-0.2, 0) is 11.3 Å². The third kappa shape index (κ3) is 5.21. The fourth-order valence-electron chi connectivity index (χ4n) is 2.85. The highest BCUT2D eigenvalue weighted by Crippen LogP contribution is 2.27. The topological polar surface area (TPSA) is 99.8 Å². The van der Waals surface area contributed by atoms with E-state index in [0.717, 1.165) is 11.3 Å². The van der Waals surface area contributed by atoms with Crippen LogP contribution < -0.4 is 10.1 Å². The van der Waals surface area contributed by atoms with E-state index in [2.05, 4.69) is 25.9 Å². The summed E-state index contributed by atoms with van der Waals surface area (Å²) in [6, 6.07) is 14.4. The molecule has 2 heterocycles. The highest BCUT2D eigenvalue weighted by atomic mass is 35.5. The van der Waals surface area contributed by atoms with Crippen LogP contribution in [0.4, 0.5) is 5.82 Å². The molecule has 2 aromatic heterocycles. The molecule has 0 aliphatic rings. The van der Waals surface area contributed by atoms with Crippen molar-refractivity contribution in [3.05, 3.63) is 70.3 Å². The van der Waals surface area contributed by atoms with E-state index in [1.165, 1.54) is 16.4 Å². The van der Waals surface area contributed by atoms with E-state index in [9.17, 15) is 4.79 Å². The minimum atomic E-state index is -0.224. The molecule has 9 nitrogen and oxygen atoms in total. The summed E-state index contributed by atoms with van der Waals surface area (Å²) in [5.74, 6) is 1.23. The van der Waals surface area contributed by atoms with Crippen LogP contribution in [0.1, 0.15) is 5.56 Å². The van der Waals surface area contributed by atoms with Gasteiger partial charge in [-0.25, -0.2) is 4.68 Å². The summed E-state index contributed by atoms with van der Waals surface area (Å²) in [6.07, 6.45) is 1.63. The molecule has 2 aromatic carbocycles. The zero-order chi connectivity index (χ0) is 22.5. The fourth-order valence-corrected chi connectivity index (χ4v) is 3.89. The van der Waals surface area contributed by atoms with Crippen LogP contribution >= 0.6 is 35.0 Å². The maximum atomic E-state index is 12.5. The lowest BCUT2D eigenvalue weighted by atomic mass is 10.2. The number of methoxy groups -OCH3 is 1. The number of carbonyl (C=O) groups excluding carboxylic acids is 1. The van der Waals surface area contributed by atoms with Crippen LogP contribution in [0.25, 0.3) is 5.69 Å². The highest BCUT2D eigenvalue weighted by Gasteiger charge is 2.15. The number of amides is 1. The van der Waals surface area contributed by atoms with Gasteiger partial charge in [0.05, 0.1) is 36.3 Å². The molecule has 0 radical (unpaired) electrons. The Balaban J connectivity index is 1.39. The molecule has 0 fully saturated rings. The summed E-state index contributed by atoms with van der Waals surface area (Å²) in [5.41, 5.74) is 1.56. The lowest BCUT2D eigenvalue weighted by Gasteiger charge is -2.10. The number of thioether (sulfide) groups is 1. The van der Waals surface area contributed by atoms with E-state index >= 15 is 0 Å². The summed E-state index contributed by atoms with van der Waals surface area (Å²) in [5, 5.41) is 20.1. The highest BCUT2D eigenvalue weighted by molar-refractivity contribution is 7.99. The summed E-state index contributed by atoms with van der Waals surface area (Å²) in [7, 11) is 1.62. The van der Waals surface area contributed by atoms with Gasteiger partial charge in [-0.3, -0.25) is 4.79 Å². The minimum Gasteiger partial charge on any atom is -0.497 e. The molecule has 4 rings (SSSR count). The van der Waals surface area contributed by atoms with E-state index < -0.39 is 0 Å². The fraction of sp³-hybridized carbons (Fsp3) is 0.150. The summed E-state index contributed by atoms with van der Waals surface area (Å²) in [4.78, 5) is 12.5. The van der Waals surface area contributed by atoms with Crippen molar-refractivity contribution in [2.75, 3.05) is 18.2 Å². The van der Waals surface area contributed by atoms with Crippen molar-refractivity contribution in [2.45, 2.75) is 11.7 Å². The van der Waals surface area contributed by atoms with Crippen molar-refractivity contribution >= 4 is 46.7 Å². The smallest absolute Gasteiger partial charge is 0.235 e. The Morgan fingerprint density at radius 2 is 1.97 bits per heavy atom. The van der Waals surface area contributed by atoms with Gasteiger partial charge >= 0.3 is 0 Å². The molecule has 1 N–H and O–H groups in total. The van der Waals surface area contributed by atoms with Crippen molar-refractivity contribution in [1.29, 1.82) is 0 Å². The molecule has 12 heteroatoms. The lowest BCUT2D eigenvalue weighted by molar-refractivity contribution is -0.113. The van der Waals surface area contributed by atoms with Crippen LogP contribution in [0, 0.1) is 0 Å². The van der Waals surface area contributed by atoms with E-state index in [0.29, 0.717) is 33.3 Å². The minimum absolute atomic E-state index is 0.0896. The Morgan fingerprint density at radius 3 is 2.75 bits per heavy atom. The Bertz CT molecular complexity index is 1230. The van der Waals surface area contributed by atoms with Crippen molar-refractivity contribution in [3.63, 3.8) is 0 Å². The molecule has 1 amide bonds. The number of rotatable bonds is 8.